The maximum absolute atomic E-state index is 12.6. The maximum atomic E-state index is 12.6. The number of nitrogens with zero attached hydrogens (tertiary/aromatic N) is 1. The average molecular weight is 344 g/mol. The van der Waals surface area contributed by atoms with Crippen LogP contribution in [0, 0.1) is 11.3 Å². The summed E-state index contributed by atoms with van der Waals surface area (Å²) in [5.74, 6) is -2.22. The highest BCUT2D eigenvalue weighted by atomic mass is 35.5. The number of hydrogen-bond donors (Lipinski definition) is 2. The number of nitrogens with one attached hydrogen (secondary N) is 1. The van der Waals surface area contributed by atoms with Crippen LogP contribution in [0.15, 0.2) is 0 Å². The number of hydrogen-bond acceptors (Lipinski definition) is 3. The Bertz CT molecular complexity index is 447. The van der Waals surface area contributed by atoms with Crippen molar-refractivity contribution >= 4 is 24.2 Å². The van der Waals surface area contributed by atoms with Crippen molar-refractivity contribution in [2.24, 2.45) is 17.1 Å². The van der Waals surface area contributed by atoms with Crippen molar-refractivity contribution in [2.45, 2.75) is 38.4 Å². The molecule has 128 valence electrons. The second-order valence-corrected chi connectivity index (χ2v) is 6.26. The number of piperidine rings is 1. The second kappa shape index (κ2) is 6.62. The molecule has 2 heterocycles. The predicted molar refractivity (Wildman–Crippen MR) is 76.3 cm³/mol. The van der Waals surface area contributed by atoms with Gasteiger partial charge in [0.1, 0.15) is 12.0 Å². The van der Waals surface area contributed by atoms with E-state index in [2.05, 4.69) is 0 Å². The van der Waals surface area contributed by atoms with E-state index in [1.807, 2.05) is 12.2 Å². The van der Waals surface area contributed by atoms with Crippen molar-refractivity contribution in [3.8, 4) is 0 Å². The summed E-state index contributed by atoms with van der Waals surface area (Å²) < 4.78 is 37.7. The molecule has 22 heavy (non-hydrogen) atoms. The fourth-order valence-corrected chi connectivity index (χ4v) is 2.89. The lowest BCUT2D eigenvalue weighted by Crippen LogP contribution is -2.55. The maximum Gasteiger partial charge on any atom is 0.408 e. The highest BCUT2D eigenvalue weighted by Gasteiger charge is 2.47. The van der Waals surface area contributed by atoms with E-state index >= 15 is 0 Å². The molecule has 0 radical (unpaired) electrons. The number of rotatable bonds is 2. The molecule has 3 N–H and O–H groups in total. The van der Waals surface area contributed by atoms with Gasteiger partial charge in [0.25, 0.3) is 0 Å². The van der Waals surface area contributed by atoms with Crippen molar-refractivity contribution in [1.29, 1.82) is 0 Å². The molecule has 0 spiro atoms. The topological polar surface area (TPSA) is 75.4 Å². The van der Waals surface area contributed by atoms with Crippen molar-refractivity contribution in [3.05, 3.63) is 0 Å². The number of amides is 2. The van der Waals surface area contributed by atoms with E-state index < -0.39 is 24.0 Å². The zero-order chi connectivity index (χ0) is 15.8. The van der Waals surface area contributed by atoms with Crippen LogP contribution in [0.4, 0.5) is 13.2 Å². The molecule has 2 rings (SSSR count). The van der Waals surface area contributed by atoms with Gasteiger partial charge in [0, 0.05) is 13.1 Å². The summed E-state index contributed by atoms with van der Waals surface area (Å²) in [6.45, 7) is 3.35. The number of carbonyl (C=O) groups excluding carboxylic acids is 2. The fraction of sp³-hybridized carbons (Fsp3) is 0.846. The summed E-state index contributed by atoms with van der Waals surface area (Å²) in [5, 5.41) is 1.91. The summed E-state index contributed by atoms with van der Waals surface area (Å²) >= 11 is 0. The van der Waals surface area contributed by atoms with Crippen LogP contribution in [-0.4, -0.2) is 48.6 Å². The van der Waals surface area contributed by atoms with Crippen molar-refractivity contribution < 1.29 is 22.8 Å². The minimum absolute atomic E-state index is 0. The van der Waals surface area contributed by atoms with E-state index in [0.29, 0.717) is 19.6 Å². The SMILES string of the molecule is CC1(CN)CCN(C(=O)C2CCC(C(F)(F)F)NC2=O)C1.Cl. The van der Waals surface area contributed by atoms with E-state index in [-0.39, 0.29) is 36.6 Å². The Labute approximate surface area is 133 Å². The van der Waals surface area contributed by atoms with Gasteiger partial charge in [0.05, 0.1) is 0 Å². The molecule has 0 aromatic heterocycles. The van der Waals surface area contributed by atoms with Crippen LogP contribution in [-0.2, 0) is 9.59 Å². The Morgan fingerprint density at radius 2 is 2.09 bits per heavy atom. The van der Waals surface area contributed by atoms with Crippen LogP contribution in [0.5, 0.6) is 0 Å². The Morgan fingerprint density at radius 1 is 1.45 bits per heavy atom. The molecule has 0 aliphatic carbocycles. The molecule has 3 atom stereocenters. The van der Waals surface area contributed by atoms with E-state index in [1.54, 1.807) is 4.90 Å². The predicted octanol–water partition coefficient (Wildman–Crippen LogP) is 1.06. The van der Waals surface area contributed by atoms with Crippen molar-refractivity contribution in [1.82, 2.24) is 10.2 Å². The third-order valence-corrected chi connectivity index (χ3v) is 4.43. The van der Waals surface area contributed by atoms with Gasteiger partial charge in [-0.2, -0.15) is 13.2 Å². The molecule has 3 unspecified atom stereocenters. The van der Waals surface area contributed by atoms with Gasteiger partial charge in [-0.3, -0.25) is 9.59 Å². The smallest absolute Gasteiger partial charge is 0.344 e. The van der Waals surface area contributed by atoms with Gasteiger partial charge in [-0.25, -0.2) is 0 Å². The van der Waals surface area contributed by atoms with E-state index in [4.69, 9.17) is 5.73 Å². The van der Waals surface area contributed by atoms with Gasteiger partial charge in [-0.05, 0) is 31.2 Å². The molecule has 2 fully saturated rings. The molecule has 2 aliphatic heterocycles. The first-order valence-electron chi connectivity index (χ1n) is 7.02. The molecular weight excluding hydrogens is 323 g/mol. The first kappa shape index (κ1) is 19.0. The molecule has 0 saturated carbocycles. The standard InChI is InChI=1S/C13H20F3N3O2.ClH/c1-12(6-17)4-5-19(7-12)11(21)8-2-3-9(13(14,15)16)18-10(8)20;/h8-9H,2-7,17H2,1H3,(H,18,20);1H. The third kappa shape index (κ3) is 3.84. The monoisotopic (exact) mass is 343 g/mol. The van der Waals surface area contributed by atoms with Crippen LogP contribution < -0.4 is 11.1 Å². The number of alkyl halides is 3. The minimum Gasteiger partial charge on any atom is -0.344 e. The lowest BCUT2D eigenvalue weighted by Gasteiger charge is -2.32. The largest absolute Gasteiger partial charge is 0.408 e. The third-order valence-electron chi connectivity index (χ3n) is 4.43. The van der Waals surface area contributed by atoms with Gasteiger partial charge >= 0.3 is 6.18 Å². The average Bonchev–Trinajstić information content (AvgIpc) is 2.80. The zero-order valence-corrected chi connectivity index (χ0v) is 13.1. The van der Waals surface area contributed by atoms with Gasteiger partial charge in [-0.15, -0.1) is 12.4 Å². The summed E-state index contributed by atoms with van der Waals surface area (Å²) in [6.07, 6.45) is -4.04. The van der Waals surface area contributed by atoms with Gasteiger partial charge in [-0.1, -0.05) is 6.92 Å². The van der Waals surface area contributed by atoms with E-state index in [9.17, 15) is 22.8 Å². The first-order chi connectivity index (χ1) is 9.66. The Morgan fingerprint density at radius 3 is 2.55 bits per heavy atom. The molecule has 2 amide bonds. The molecule has 0 aromatic rings. The molecule has 2 saturated heterocycles. The van der Waals surface area contributed by atoms with Crippen LogP contribution in [0.1, 0.15) is 26.2 Å². The number of carbonyl (C=O) groups is 2. The molecule has 9 heteroatoms. The van der Waals surface area contributed by atoms with Gasteiger partial charge < -0.3 is 16.0 Å². The highest BCUT2D eigenvalue weighted by Crippen LogP contribution is 2.32. The van der Waals surface area contributed by atoms with Crippen LogP contribution in [0.3, 0.4) is 0 Å². The molecule has 5 nitrogen and oxygen atoms in total. The van der Waals surface area contributed by atoms with Gasteiger partial charge in [0.2, 0.25) is 11.8 Å². The Balaban J connectivity index is 0.00000242. The lowest BCUT2D eigenvalue weighted by molar-refractivity contribution is -0.172. The summed E-state index contributed by atoms with van der Waals surface area (Å²) in [6, 6.07) is -1.85. The highest BCUT2D eigenvalue weighted by molar-refractivity contribution is 6.01. The van der Waals surface area contributed by atoms with Crippen molar-refractivity contribution in [2.75, 3.05) is 19.6 Å². The molecular formula is C13H21ClF3N3O2. The van der Waals surface area contributed by atoms with Crippen LogP contribution >= 0.6 is 12.4 Å². The number of likely N-dealkylation sites (tertiary alicyclic amines) is 1. The van der Waals surface area contributed by atoms with Crippen LogP contribution in [0.2, 0.25) is 0 Å². The van der Waals surface area contributed by atoms with Gasteiger partial charge in [0.15, 0.2) is 0 Å². The zero-order valence-electron chi connectivity index (χ0n) is 12.3. The van der Waals surface area contributed by atoms with E-state index in [1.165, 1.54) is 0 Å². The van der Waals surface area contributed by atoms with E-state index in [0.717, 1.165) is 6.42 Å². The number of halogens is 4. The Hall–Kier alpha value is -1.02. The molecule has 0 aromatic carbocycles. The first-order valence-corrected chi connectivity index (χ1v) is 7.02. The molecule has 2 aliphatic rings. The normalized spacial score (nSPS) is 32.4. The minimum atomic E-state index is -4.46. The molecule has 0 bridgehead atoms. The Kier molecular flexibility index (Phi) is 5.72. The second-order valence-electron chi connectivity index (χ2n) is 6.26. The summed E-state index contributed by atoms with van der Waals surface area (Å²) in [4.78, 5) is 25.7. The van der Waals surface area contributed by atoms with Crippen LogP contribution in [0.25, 0.3) is 0 Å². The summed E-state index contributed by atoms with van der Waals surface area (Å²) in [7, 11) is 0. The summed E-state index contributed by atoms with van der Waals surface area (Å²) in [5.41, 5.74) is 5.49. The quantitative estimate of drug-likeness (QED) is 0.736. The van der Waals surface area contributed by atoms with Crippen molar-refractivity contribution in [3.63, 3.8) is 0 Å². The lowest BCUT2D eigenvalue weighted by atomic mass is 9.90. The fourth-order valence-electron chi connectivity index (χ4n) is 2.89. The number of nitrogens with two attached hydrogens (primary N) is 1.